The summed E-state index contributed by atoms with van der Waals surface area (Å²) in [5.41, 5.74) is -10.5. The fourth-order valence-corrected chi connectivity index (χ4v) is 5.87. The van der Waals surface area contributed by atoms with Crippen LogP contribution in [0.2, 0.25) is 0 Å². The second-order valence-electron chi connectivity index (χ2n) is 10.2. The Kier molecular flexibility index (Phi) is 7.88. The van der Waals surface area contributed by atoms with Crippen molar-refractivity contribution < 1.29 is 22.0 Å². The van der Waals surface area contributed by atoms with Crippen molar-refractivity contribution in [2.75, 3.05) is 0 Å². The van der Waals surface area contributed by atoms with Crippen LogP contribution in [0.3, 0.4) is 0 Å². The van der Waals surface area contributed by atoms with Crippen molar-refractivity contribution in [2.24, 2.45) is 0 Å². The first-order valence-corrected chi connectivity index (χ1v) is 13.4. The molecule has 0 heterocycles. The maximum absolute atomic E-state index is 17.2. The number of nitriles is 4. The molecule has 2 aliphatic rings. The van der Waals surface area contributed by atoms with E-state index < -0.39 is 96.1 Å². The molecule has 8 nitrogen and oxygen atoms in total. The first kappa shape index (κ1) is 32.6. The van der Waals surface area contributed by atoms with Crippen LogP contribution in [0.5, 0.6) is 0 Å². The SMILES string of the molecule is [C-]#[N+]C1=C(c2ccc([N+]#[C-])c(C)c2)/C(=C(/C#N)[N+]#[C-])c2c(F)c3c(c(F)c21)C(C#N)=C(c1ccc(C#N)c(C(F)(F)F)c1)/C3=C(\C#N)[N+]#[C-]. The van der Waals surface area contributed by atoms with Gasteiger partial charge in [-0.1, -0.05) is 24.3 Å². The van der Waals surface area contributed by atoms with Crippen molar-refractivity contribution in [1.82, 2.24) is 0 Å². The predicted octanol–water partition coefficient (Wildman–Crippen LogP) is 9.27. The first-order valence-electron chi connectivity index (χ1n) is 13.4. The summed E-state index contributed by atoms with van der Waals surface area (Å²) in [6.07, 6.45) is -5.09. The molecular formula is C36H9F5N8. The Hall–Kier alpha value is -7.81. The van der Waals surface area contributed by atoms with Crippen LogP contribution >= 0.6 is 0 Å². The Morgan fingerprint density at radius 1 is 0.694 bits per heavy atom. The molecule has 0 N–H and O–H groups in total. The third kappa shape index (κ3) is 4.66. The highest BCUT2D eigenvalue weighted by Gasteiger charge is 2.44. The number of halogens is 5. The van der Waals surface area contributed by atoms with E-state index in [0.29, 0.717) is 11.6 Å². The predicted molar refractivity (Wildman–Crippen MR) is 164 cm³/mol. The molecule has 13 heteroatoms. The number of fused-ring (bicyclic) bond motifs is 2. The molecule has 0 unspecified atom stereocenters. The van der Waals surface area contributed by atoms with Gasteiger partial charge in [-0.3, -0.25) is 0 Å². The van der Waals surface area contributed by atoms with Crippen LogP contribution in [-0.4, -0.2) is 0 Å². The van der Waals surface area contributed by atoms with Crippen molar-refractivity contribution in [3.8, 4) is 24.3 Å². The third-order valence-electron chi connectivity index (χ3n) is 7.82. The molecule has 0 saturated heterocycles. The molecule has 0 spiro atoms. The van der Waals surface area contributed by atoms with Crippen LogP contribution in [0.1, 0.15) is 50.1 Å². The molecule has 0 radical (unpaired) electrons. The van der Waals surface area contributed by atoms with E-state index >= 15 is 8.78 Å². The number of benzene rings is 3. The summed E-state index contributed by atoms with van der Waals surface area (Å²) in [5, 5.41) is 39.4. The van der Waals surface area contributed by atoms with Gasteiger partial charge in [-0.15, -0.1) is 0 Å². The summed E-state index contributed by atoms with van der Waals surface area (Å²) < 4.78 is 76.1. The molecule has 3 aromatic rings. The highest BCUT2D eigenvalue weighted by molar-refractivity contribution is 6.29. The van der Waals surface area contributed by atoms with Crippen molar-refractivity contribution >= 4 is 39.2 Å². The van der Waals surface area contributed by atoms with Gasteiger partial charge in [-0.2, -0.15) is 23.7 Å². The summed E-state index contributed by atoms with van der Waals surface area (Å²) >= 11 is 0. The van der Waals surface area contributed by atoms with Crippen molar-refractivity contribution in [2.45, 2.75) is 13.1 Å². The second kappa shape index (κ2) is 11.8. The van der Waals surface area contributed by atoms with Gasteiger partial charge in [0.25, 0.3) is 11.4 Å². The van der Waals surface area contributed by atoms with Crippen LogP contribution in [0.4, 0.5) is 27.6 Å². The Morgan fingerprint density at radius 3 is 1.73 bits per heavy atom. The summed E-state index contributed by atoms with van der Waals surface area (Å²) in [5.74, 6) is -2.89. The minimum atomic E-state index is -5.09. The van der Waals surface area contributed by atoms with Crippen LogP contribution in [0, 0.1) is 90.2 Å². The number of hydrogen-bond donors (Lipinski definition) is 0. The zero-order chi connectivity index (χ0) is 35.9. The number of rotatable bonds is 2. The minimum absolute atomic E-state index is 0.112. The lowest BCUT2D eigenvalue weighted by Crippen LogP contribution is -2.08. The van der Waals surface area contributed by atoms with E-state index in [1.54, 1.807) is 19.1 Å². The van der Waals surface area contributed by atoms with E-state index in [2.05, 4.69) is 19.4 Å². The van der Waals surface area contributed by atoms with E-state index in [1.165, 1.54) is 30.3 Å². The minimum Gasteiger partial charge on any atom is -0.238 e. The highest BCUT2D eigenvalue weighted by atomic mass is 19.4. The number of hydrogen-bond acceptors (Lipinski definition) is 4. The summed E-state index contributed by atoms with van der Waals surface area (Å²) in [6.45, 7) is 32.1. The van der Waals surface area contributed by atoms with Crippen LogP contribution in [0.25, 0.3) is 52.9 Å². The number of allylic oxidation sites excluding steroid dienone is 7. The molecule has 0 aliphatic heterocycles. The monoisotopic (exact) mass is 648 g/mol. The average molecular weight is 649 g/mol. The first-order chi connectivity index (χ1) is 23.4. The molecule has 0 atom stereocenters. The fraction of sp³-hybridized carbons (Fsp3) is 0.0556. The number of nitrogens with zero attached hydrogens (tertiary/aromatic N) is 8. The largest absolute Gasteiger partial charge is 0.417 e. The van der Waals surface area contributed by atoms with Crippen molar-refractivity contribution in [1.29, 1.82) is 21.0 Å². The Labute approximate surface area is 274 Å². The number of alkyl halides is 3. The van der Waals surface area contributed by atoms with Crippen molar-refractivity contribution in [3.63, 3.8) is 0 Å². The van der Waals surface area contributed by atoms with Crippen LogP contribution in [-0.2, 0) is 6.18 Å². The summed E-state index contributed by atoms with van der Waals surface area (Å²) in [4.78, 5) is 13.0. The van der Waals surface area contributed by atoms with Gasteiger partial charge in [0, 0.05) is 27.8 Å². The van der Waals surface area contributed by atoms with E-state index in [9.17, 15) is 34.2 Å². The van der Waals surface area contributed by atoms with Gasteiger partial charge in [0.15, 0.2) is 5.69 Å². The molecule has 49 heavy (non-hydrogen) atoms. The maximum atomic E-state index is 17.2. The highest BCUT2D eigenvalue weighted by Crippen LogP contribution is 2.58. The molecule has 3 aromatic carbocycles. The smallest absolute Gasteiger partial charge is 0.238 e. The summed E-state index contributed by atoms with van der Waals surface area (Å²) in [6, 6.07) is 12.5. The van der Waals surface area contributed by atoms with Gasteiger partial charge in [0.2, 0.25) is 5.70 Å². The molecule has 228 valence electrons. The Morgan fingerprint density at radius 2 is 1.24 bits per heavy atom. The summed E-state index contributed by atoms with van der Waals surface area (Å²) in [7, 11) is 0. The zero-order valence-electron chi connectivity index (χ0n) is 24.4. The molecule has 0 aromatic heterocycles. The number of aryl methyl sites for hydroxylation is 1. The van der Waals surface area contributed by atoms with Gasteiger partial charge < -0.3 is 0 Å². The second-order valence-corrected chi connectivity index (χ2v) is 10.2. The molecule has 2 aliphatic carbocycles. The van der Waals surface area contributed by atoms with E-state index in [-0.39, 0.29) is 16.8 Å². The van der Waals surface area contributed by atoms with Gasteiger partial charge in [-0.05, 0) is 52.5 Å². The van der Waals surface area contributed by atoms with Crippen molar-refractivity contribution in [3.05, 3.63) is 155 Å². The van der Waals surface area contributed by atoms with Crippen LogP contribution in [0.15, 0.2) is 47.8 Å². The Balaban J connectivity index is 2.02. The van der Waals surface area contributed by atoms with E-state index in [1.807, 2.05) is 0 Å². The molecule has 0 fully saturated rings. The van der Waals surface area contributed by atoms with Gasteiger partial charge in [-0.25, -0.2) is 38.7 Å². The van der Waals surface area contributed by atoms with Gasteiger partial charge in [0.1, 0.15) is 17.7 Å². The van der Waals surface area contributed by atoms with E-state index in [0.717, 1.165) is 12.1 Å². The molecule has 0 saturated carbocycles. The Bertz CT molecular complexity index is 2560. The lowest BCUT2D eigenvalue weighted by molar-refractivity contribution is -0.137. The average Bonchev–Trinajstić information content (AvgIpc) is 3.62. The lowest BCUT2D eigenvalue weighted by atomic mass is 9.89. The third-order valence-corrected chi connectivity index (χ3v) is 7.82. The lowest BCUT2D eigenvalue weighted by Gasteiger charge is -2.16. The molecule has 5 rings (SSSR count). The standard InChI is InChI=1S/C36H9F5N8/c1-16-10-17(8-9-22(16)46-2)26-29(24(15-45)48-4)31-32(35(26)49-5)33(37)27-20(13-43)25(28(23(14-44)47-3)30(27)34(31)38)18-6-7-19(12-42)21(11-18)36(39,40)41/h6-11H,1H3/b28-23-,29-24+. The molecular weight excluding hydrogens is 639 g/mol. The van der Waals surface area contributed by atoms with Gasteiger partial charge >= 0.3 is 6.18 Å². The van der Waals surface area contributed by atoms with E-state index in [4.69, 9.17) is 26.3 Å². The topological polar surface area (TPSA) is 113 Å². The van der Waals surface area contributed by atoms with Crippen LogP contribution < -0.4 is 0 Å². The van der Waals surface area contributed by atoms with Gasteiger partial charge in [0.05, 0.1) is 61.2 Å². The fourth-order valence-electron chi connectivity index (χ4n) is 5.87. The molecule has 0 bridgehead atoms. The molecule has 0 amide bonds. The quantitative estimate of drug-likeness (QED) is 0.157. The normalized spacial score (nSPS) is 14.9. The zero-order valence-corrected chi connectivity index (χ0v) is 24.4. The maximum Gasteiger partial charge on any atom is 0.417 e.